The van der Waals surface area contributed by atoms with Crippen LogP contribution in [0.15, 0.2) is 48.5 Å². The van der Waals surface area contributed by atoms with Gasteiger partial charge in [-0.15, -0.1) is 0 Å². The van der Waals surface area contributed by atoms with Crippen LogP contribution >= 0.6 is 0 Å². The molecule has 3 atom stereocenters. The molecule has 0 spiro atoms. The van der Waals surface area contributed by atoms with Crippen LogP contribution in [0.2, 0.25) is 0 Å². The smallest absolute Gasteiger partial charge is 0.162 e. The van der Waals surface area contributed by atoms with Crippen molar-refractivity contribution in [3.63, 3.8) is 0 Å². The maximum Gasteiger partial charge on any atom is 0.162 e. The van der Waals surface area contributed by atoms with Crippen molar-refractivity contribution in [2.45, 2.75) is 33.4 Å². The summed E-state index contributed by atoms with van der Waals surface area (Å²) in [5.74, 6) is 3.26. The van der Waals surface area contributed by atoms with E-state index in [0.717, 1.165) is 29.9 Å². The van der Waals surface area contributed by atoms with Gasteiger partial charge in [-0.25, -0.2) is 0 Å². The zero-order chi connectivity index (χ0) is 17.6. The molecular weight excluding hydrogens is 310 g/mol. The predicted octanol–water partition coefficient (Wildman–Crippen LogP) is 3.34. The number of methoxy groups -OCH3 is 1. The lowest BCUT2D eigenvalue weighted by Crippen LogP contribution is -3.13. The third-order valence-corrected chi connectivity index (χ3v) is 5.00. The lowest BCUT2D eigenvalue weighted by molar-refractivity contribution is -0.925. The molecule has 3 heteroatoms. The number of piperidine rings is 1. The predicted molar refractivity (Wildman–Crippen MR) is 101 cm³/mol. The lowest BCUT2D eigenvalue weighted by atomic mass is 9.91. The zero-order valence-electron chi connectivity index (χ0n) is 15.6. The molecule has 0 aliphatic carbocycles. The van der Waals surface area contributed by atoms with Crippen molar-refractivity contribution in [2.24, 2.45) is 11.8 Å². The summed E-state index contributed by atoms with van der Waals surface area (Å²) in [6.45, 7) is 8.88. The zero-order valence-corrected chi connectivity index (χ0v) is 15.6. The van der Waals surface area contributed by atoms with Gasteiger partial charge in [0, 0.05) is 17.4 Å². The number of ether oxygens (including phenoxy) is 2. The molecule has 1 saturated heterocycles. The second-order valence-corrected chi connectivity index (χ2v) is 7.54. The fourth-order valence-electron chi connectivity index (χ4n) is 4.03. The summed E-state index contributed by atoms with van der Waals surface area (Å²) >= 11 is 0. The Morgan fingerprint density at radius 2 is 1.64 bits per heavy atom. The van der Waals surface area contributed by atoms with Gasteiger partial charge in [-0.3, -0.25) is 0 Å². The summed E-state index contributed by atoms with van der Waals surface area (Å²) < 4.78 is 11.5. The molecule has 0 amide bonds. The van der Waals surface area contributed by atoms with E-state index in [1.54, 1.807) is 12.0 Å². The Morgan fingerprint density at radius 3 is 2.32 bits per heavy atom. The van der Waals surface area contributed by atoms with E-state index >= 15 is 0 Å². The molecule has 2 aromatic rings. The lowest BCUT2D eigenvalue weighted by Gasteiger charge is -2.32. The van der Waals surface area contributed by atoms with Gasteiger partial charge in [-0.05, 0) is 30.2 Å². The van der Waals surface area contributed by atoms with Gasteiger partial charge in [0.1, 0.15) is 13.2 Å². The second-order valence-electron chi connectivity index (χ2n) is 7.54. The third kappa shape index (κ3) is 4.99. The monoisotopic (exact) mass is 340 g/mol. The molecule has 1 unspecified atom stereocenters. The maximum atomic E-state index is 6.05. The van der Waals surface area contributed by atoms with Gasteiger partial charge >= 0.3 is 0 Å². The van der Waals surface area contributed by atoms with E-state index in [4.69, 9.17) is 9.47 Å². The van der Waals surface area contributed by atoms with E-state index in [-0.39, 0.29) is 0 Å². The first kappa shape index (κ1) is 17.8. The van der Waals surface area contributed by atoms with Gasteiger partial charge in [-0.2, -0.15) is 0 Å². The topological polar surface area (TPSA) is 22.9 Å². The van der Waals surface area contributed by atoms with Crippen molar-refractivity contribution in [1.29, 1.82) is 0 Å². The number of rotatable bonds is 6. The average Bonchev–Trinajstić information content (AvgIpc) is 2.60. The molecule has 0 aromatic heterocycles. The van der Waals surface area contributed by atoms with E-state index in [1.807, 2.05) is 24.3 Å². The first-order valence-corrected chi connectivity index (χ1v) is 9.31. The Morgan fingerprint density at radius 1 is 0.920 bits per heavy atom. The molecule has 1 aliphatic rings. The molecule has 1 N–H and O–H groups in total. The van der Waals surface area contributed by atoms with E-state index < -0.39 is 0 Å². The molecule has 0 saturated carbocycles. The minimum atomic E-state index is 0.561. The van der Waals surface area contributed by atoms with E-state index in [1.165, 1.54) is 30.6 Å². The largest absolute Gasteiger partial charge is 0.493 e. The number of benzene rings is 2. The van der Waals surface area contributed by atoms with Crippen molar-refractivity contribution in [3.05, 3.63) is 59.7 Å². The Balaban J connectivity index is 1.68. The van der Waals surface area contributed by atoms with Crippen LogP contribution in [0.5, 0.6) is 11.5 Å². The van der Waals surface area contributed by atoms with Crippen LogP contribution in [0.4, 0.5) is 0 Å². The van der Waals surface area contributed by atoms with Crippen LogP contribution in [-0.4, -0.2) is 20.2 Å². The molecule has 134 valence electrons. The van der Waals surface area contributed by atoms with Gasteiger partial charge in [-0.1, -0.05) is 44.2 Å². The number of hydrogen-bond donors (Lipinski definition) is 1. The fourth-order valence-corrected chi connectivity index (χ4v) is 4.03. The highest BCUT2D eigenvalue weighted by atomic mass is 16.5. The summed E-state index contributed by atoms with van der Waals surface area (Å²) in [6.07, 6.45) is 1.36. The number of likely N-dealkylation sites (tertiary alicyclic amines) is 1. The van der Waals surface area contributed by atoms with Gasteiger partial charge in [0.05, 0.1) is 20.2 Å². The highest BCUT2D eigenvalue weighted by Crippen LogP contribution is 2.28. The maximum absolute atomic E-state index is 6.05. The van der Waals surface area contributed by atoms with Crippen LogP contribution in [-0.2, 0) is 13.2 Å². The Kier molecular flexibility index (Phi) is 5.98. The van der Waals surface area contributed by atoms with E-state index in [0.29, 0.717) is 6.61 Å². The molecular formula is C22H30NO2+. The first-order chi connectivity index (χ1) is 12.1. The Labute approximate surface area is 151 Å². The number of nitrogens with one attached hydrogen (secondary N) is 1. The molecule has 1 fully saturated rings. The first-order valence-electron chi connectivity index (χ1n) is 9.31. The van der Waals surface area contributed by atoms with Crippen molar-refractivity contribution >= 4 is 0 Å². The van der Waals surface area contributed by atoms with Crippen LogP contribution in [0.25, 0.3) is 0 Å². The van der Waals surface area contributed by atoms with Crippen LogP contribution in [0, 0.1) is 11.8 Å². The van der Waals surface area contributed by atoms with Crippen molar-refractivity contribution < 1.29 is 14.4 Å². The SMILES string of the molecule is COc1ccc(C[NH+]2C[C@H](C)C[C@H](C)C2)cc1OCc1ccccc1. The normalized spacial score (nSPS) is 23.2. The molecule has 3 nitrogen and oxygen atoms in total. The van der Waals surface area contributed by atoms with Gasteiger partial charge < -0.3 is 14.4 Å². The third-order valence-electron chi connectivity index (χ3n) is 5.00. The summed E-state index contributed by atoms with van der Waals surface area (Å²) in [7, 11) is 1.70. The molecule has 25 heavy (non-hydrogen) atoms. The molecule has 1 aliphatic heterocycles. The van der Waals surface area contributed by atoms with Gasteiger partial charge in [0.2, 0.25) is 0 Å². The minimum Gasteiger partial charge on any atom is -0.493 e. The minimum absolute atomic E-state index is 0.561. The quantitative estimate of drug-likeness (QED) is 0.872. The molecule has 3 rings (SSSR count). The van der Waals surface area contributed by atoms with Crippen LogP contribution in [0.1, 0.15) is 31.4 Å². The van der Waals surface area contributed by atoms with Crippen LogP contribution in [0.3, 0.4) is 0 Å². The Bertz CT molecular complexity index is 661. The van der Waals surface area contributed by atoms with E-state index in [9.17, 15) is 0 Å². The summed E-state index contributed by atoms with van der Waals surface area (Å²) in [4.78, 5) is 1.67. The van der Waals surface area contributed by atoms with Gasteiger partial charge in [0.15, 0.2) is 11.5 Å². The van der Waals surface area contributed by atoms with Crippen molar-refractivity contribution in [2.75, 3.05) is 20.2 Å². The molecule has 2 aromatic carbocycles. The molecule has 1 heterocycles. The highest BCUT2D eigenvalue weighted by Gasteiger charge is 2.25. The van der Waals surface area contributed by atoms with Crippen molar-refractivity contribution in [3.8, 4) is 11.5 Å². The highest BCUT2D eigenvalue weighted by molar-refractivity contribution is 5.43. The molecule has 0 bridgehead atoms. The standard InChI is InChI=1S/C22H29NO2/c1-17-11-18(2)14-23(13-17)15-20-9-10-21(24-3)22(12-20)25-16-19-7-5-4-6-8-19/h4-10,12,17-18H,11,13-16H2,1-3H3/p+1/t17-,18+. The van der Waals surface area contributed by atoms with Crippen molar-refractivity contribution in [1.82, 2.24) is 0 Å². The van der Waals surface area contributed by atoms with Gasteiger partial charge in [0.25, 0.3) is 0 Å². The molecule has 0 radical (unpaired) electrons. The average molecular weight is 340 g/mol. The number of hydrogen-bond acceptors (Lipinski definition) is 2. The summed E-state index contributed by atoms with van der Waals surface area (Å²) in [5.41, 5.74) is 2.49. The number of quaternary nitrogens is 1. The summed E-state index contributed by atoms with van der Waals surface area (Å²) in [6, 6.07) is 16.6. The Hall–Kier alpha value is -2.00. The van der Waals surface area contributed by atoms with Crippen LogP contribution < -0.4 is 14.4 Å². The fraction of sp³-hybridized carbons (Fsp3) is 0.455. The van der Waals surface area contributed by atoms with E-state index in [2.05, 4.69) is 38.1 Å². The second kappa shape index (κ2) is 8.39. The summed E-state index contributed by atoms with van der Waals surface area (Å²) in [5, 5.41) is 0.